The van der Waals surface area contributed by atoms with Gasteiger partial charge in [0.1, 0.15) is 0 Å². The van der Waals surface area contributed by atoms with Crippen LogP contribution in [0.1, 0.15) is 40.5 Å². The molecule has 0 aromatic rings. The van der Waals surface area contributed by atoms with Crippen LogP contribution in [0.5, 0.6) is 0 Å². The topological polar surface area (TPSA) is 37.3 Å². The molecule has 0 saturated heterocycles. The summed E-state index contributed by atoms with van der Waals surface area (Å²) < 4.78 is 0. The van der Waals surface area contributed by atoms with Gasteiger partial charge in [0.15, 0.2) is 0 Å². The fraction of sp³-hybridized carbons (Fsp3) is 0.900. The van der Waals surface area contributed by atoms with Gasteiger partial charge in [-0.05, 0) is 31.1 Å². The monoisotopic (exact) mass is 170 g/mol. The molecule has 0 aromatic carbocycles. The first-order valence-corrected chi connectivity index (χ1v) is 4.53. The normalized spacial score (nSPS) is 23.3. The molecule has 0 radical (unpaired) electrons. The molecule has 0 aliphatic heterocycles. The van der Waals surface area contributed by atoms with Crippen molar-refractivity contribution < 1.29 is 9.90 Å². The van der Waals surface area contributed by atoms with Crippen molar-refractivity contribution in [1.82, 2.24) is 0 Å². The molecule has 0 heterocycles. The van der Waals surface area contributed by atoms with Crippen molar-refractivity contribution in [2.75, 3.05) is 0 Å². The van der Waals surface area contributed by atoms with Crippen molar-refractivity contribution in [2.24, 2.45) is 16.7 Å². The zero-order valence-electron chi connectivity index (χ0n) is 8.35. The first-order valence-electron chi connectivity index (χ1n) is 4.53. The van der Waals surface area contributed by atoms with Gasteiger partial charge in [-0.15, -0.1) is 0 Å². The lowest BCUT2D eigenvalue weighted by Crippen LogP contribution is -2.42. The van der Waals surface area contributed by atoms with Crippen LogP contribution in [0, 0.1) is 16.7 Å². The summed E-state index contributed by atoms with van der Waals surface area (Å²) >= 11 is 0. The number of carbonyl (C=O) groups is 1. The Morgan fingerprint density at radius 3 is 1.75 bits per heavy atom. The maximum absolute atomic E-state index is 11.1. The van der Waals surface area contributed by atoms with E-state index in [9.17, 15) is 9.90 Å². The average molecular weight is 170 g/mol. The van der Waals surface area contributed by atoms with Crippen LogP contribution in [-0.2, 0) is 4.79 Å². The largest absolute Gasteiger partial charge is 0.481 e. The summed E-state index contributed by atoms with van der Waals surface area (Å²) in [6.07, 6.45) is 2.17. The van der Waals surface area contributed by atoms with E-state index in [1.807, 2.05) is 27.7 Å². The molecule has 12 heavy (non-hydrogen) atoms. The average Bonchev–Trinajstić information content (AvgIpc) is 2.63. The maximum Gasteiger partial charge on any atom is 0.310 e. The summed E-state index contributed by atoms with van der Waals surface area (Å²) in [6.45, 7) is 7.92. The number of aliphatic carboxylic acids is 1. The highest BCUT2D eigenvalue weighted by molar-refractivity contribution is 5.76. The van der Waals surface area contributed by atoms with E-state index in [4.69, 9.17) is 0 Å². The molecule has 2 heteroatoms. The van der Waals surface area contributed by atoms with Crippen LogP contribution >= 0.6 is 0 Å². The number of carboxylic acid groups (broad SMARTS) is 1. The summed E-state index contributed by atoms with van der Waals surface area (Å²) in [4.78, 5) is 11.1. The minimum atomic E-state index is -0.641. The van der Waals surface area contributed by atoms with Gasteiger partial charge < -0.3 is 5.11 Å². The van der Waals surface area contributed by atoms with Gasteiger partial charge in [-0.3, -0.25) is 4.79 Å². The summed E-state index contributed by atoms with van der Waals surface area (Å²) in [5.74, 6) is -0.243. The highest BCUT2D eigenvalue weighted by atomic mass is 16.4. The van der Waals surface area contributed by atoms with Gasteiger partial charge >= 0.3 is 5.97 Å². The van der Waals surface area contributed by atoms with E-state index in [0.717, 1.165) is 12.8 Å². The smallest absolute Gasteiger partial charge is 0.310 e. The fourth-order valence-corrected chi connectivity index (χ4v) is 1.77. The Morgan fingerprint density at radius 2 is 1.67 bits per heavy atom. The Labute approximate surface area is 74.0 Å². The molecule has 1 saturated carbocycles. The molecule has 0 bridgehead atoms. The summed E-state index contributed by atoms with van der Waals surface area (Å²) in [5, 5.41) is 9.18. The molecule has 0 spiro atoms. The highest BCUT2D eigenvalue weighted by Gasteiger charge is 2.54. The minimum Gasteiger partial charge on any atom is -0.481 e. The van der Waals surface area contributed by atoms with Crippen molar-refractivity contribution >= 4 is 5.97 Å². The third-order valence-electron chi connectivity index (χ3n) is 3.40. The highest BCUT2D eigenvalue weighted by Crippen LogP contribution is 2.54. The van der Waals surface area contributed by atoms with Crippen LogP contribution in [-0.4, -0.2) is 11.1 Å². The molecule has 0 aromatic heterocycles. The summed E-state index contributed by atoms with van der Waals surface area (Å²) in [6, 6.07) is 0. The van der Waals surface area contributed by atoms with Crippen LogP contribution in [0.4, 0.5) is 0 Å². The lowest BCUT2D eigenvalue weighted by Gasteiger charge is -2.38. The van der Waals surface area contributed by atoms with Crippen molar-refractivity contribution in [1.29, 1.82) is 0 Å². The van der Waals surface area contributed by atoms with Gasteiger partial charge in [0.05, 0.1) is 5.41 Å². The van der Waals surface area contributed by atoms with Gasteiger partial charge in [0, 0.05) is 0 Å². The first-order chi connectivity index (χ1) is 5.30. The molecule has 1 unspecified atom stereocenters. The van der Waals surface area contributed by atoms with Gasteiger partial charge in [-0.2, -0.15) is 0 Å². The predicted octanol–water partition coefficient (Wildman–Crippen LogP) is 2.53. The third kappa shape index (κ3) is 1.23. The lowest BCUT2D eigenvalue weighted by molar-refractivity contribution is -0.156. The molecule has 1 aliphatic carbocycles. The number of hydrogen-bond acceptors (Lipinski definition) is 1. The molecular weight excluding hydrogens is 152 g/mol. The molecule has 1 rings (SSSR count). The fourth-order valence-electron chi connectivity index (χ4n) is 1.77. The van der Waals surface area contributed by atoms with Crippen molar-refractivity contribution in [3.63, 3.8) is 0 Å². The second-order valence-corrected chi connectivity index (χ2v) is 5.03. The molecule has 1 atom stereocenters. The number of rotatable bonds is 2. The second kappa shape index (κ2) is 2.48. The van der Waals surface area contributed by atoms with E-state index in [-0.39, 0.29) is 5.41 Å². The van der Waals surface area contributed by atoms with Crippen molar-refractivity contribution in [3.05, 3.63) is 0 Å². The quantitative estimate of drug-likeness (QED) is 0.691. The van der Waals surface area contributed by atoms with E-state index in [1.54, 1.807) is 0 Å². The van der Waals surface area contributed by atoms with Gasteiger partial charge in [-0.25, -0.2) is 0 Å². The Kier molecular flexibility index (Phi) is 1.97. The molecule has 70 valence electrons. The van der Waals surface area contributed by atoms with E-state index in [0.29, 0.717) is 5.92 Å². The van der Waals surface area contributed by atoms with E-state index in [2.05, 4.69) is 0 Å². The Balaban J connectivity index is 2.93. The van der Waals surface area contributed by atoms with E-state index < -0.39 is 11.4 Å². The summed E-state index contributed by atoms with van der Waals surface area (Å²) in [7, 11) is 0. The zero-order chi connectivity index (χ0) is 9.57. The summed E-state index contributed by atoms with van der Waals surface area (Å²) in [5.41, 5.74) is -0.674. The van der Waals surface area contributed by atoms with Gasteiger partial charge in [-0.1, -0.05) is 20.8 Å². The predicted molar refractivity (Wildman–Crippen MR) is 47.9 cm³/mol. The van der Waals surface area contributed by atoms with E-state index in [1.165, 1.54) is 0 Å². The Morgan fingerprint density at radius 1 is 1.25 bits per heavy atom. The molecule has 1 fully saturated rings. The number of carboxylic acids is 1. The van der Waals surface area contributed by atoms with Gasteiger partial charge in [0.25, 0.3) is 0 Å². The lowest BCUT2D eigenvalue weighted by atomic mass is 9.65. The molecule has 2 nitrogen and oxygen atoms in total. The Bertz CT molecular complexity index is 198. The maximum atomic E-state index is 11.1. The molecular formula is C10H18O2. The molecule has 1 aliphatic rings. The standard InChI is InChI=1S/C10H18O2/c1-9(2,3)10(4,8(11)12)7-5-6-7/h7H,5-6H2,1-4H3,(H,11,12). The zero-order valence-corrected chi connectivity index (χ0v) is 8.35. The van der Waals surface area contributed by atoms with Crippen LogP contribution in [0.2, 0.25) is 0 Å². The van der Waals surface area contributed by atoms with Crippen LogP contribution in [0.3, 0.4) is 0 Å². The molecule has 0 amide bonds. The minimum absolute atomic E-state index is 0.139. The Hall–Kier alpha value is -0.530. The van der Waals surface area contributed by atoms with Crippen LogP contribution in [0.15, 0.2) is 0 Å². The SMILES string of the molecule is CC(C)(C)C(C)(C(=O)O)C1CC1. The number of hydrogen-bond donors (Lipinski definition) is 1. The van der Waals surface area contributed by atoms with E-state index >= 15 is 0 Å². The van der Waals surface area contributed by atoms with Crippen molar-refractivity contribution in [2.45, 2.75) is 40.5 Å². The van der Waals surface area contributed by atoms with Gasteiger partial charge in [0.2, 0.25) is 0 Å². The first kappa shape index (κ1) is 9.56. The second-order valence-electron chi connectivity index (χ2n) is 5.03. The van der Waals surface area contributed by atoms with Crippen molar-refractivity contribution in [3.8, 4) is 0 Å². The van der Waals surface area contributed by atoms with Crippen LogP contribution < -0.4 is 0 Å². The van der Waals surface area contributed by atoms with Crippen LogP contribution in [0.25, 0.3) is 0 Å². The third-order valence-corrected chi connectivity index (χ3v) is 3.40. The molecule has 1 N–H and O–H groups in total.